The molecule has 15 heavy (non-hydrogen) atoms. The van der Waals surface area contributed by atoms with Crippen molar-refractivity contribution in [3.8, 4) is 5.75 Å². The van der Waals surface area contributed by atoms with Gasteiger partial charge in [0.05, 0.1) is 6.61 Å². The number of Topliss-reactive ketones (excluding diaryl/α,β-unsaturated/α-hetero) is 1. The van der Waals surface area contributed by atoms with E-state index in [4.69, 9.17) is 16.3 Å². The first-order valence-electron chi connectivity index (χ1n) is 4.62. The molecule has 0 saturated carbocycles. The summed E-state index contributed by atoms with van der Waals surface area (Å²) in [6.07, 6.45) is 0. The van der Waals surface area contributed by atoms with Gasteiger partial charge in [0.1, 0.15) is 11.1 Å². The van der Waals surface area contributed by atoms with Crippen LogP contribution in [0.1, 0.15) is 24.8 Å². The molecule has 0 bridgehead atoms. The number of benzene rings is 1. The molecule has 0 aliphatic rings. The monoisotopic (exact) mass is 290 g/mol. The van der Waals surface area contributed by atoms with Gasteiger partial charge < -0.3 is 4.74 Å². The van der Waals surface area contributed by atoms with Crippen LogP contribution < -0.4 is 4.74 Å². The molecule has 1 aromatic rings. The third kappa shape index (κ3) is 3.50. The van der Waals surface area contributed by atoms with Crippen molar-refractivity contribution in [2.45, 2.75) is 19.2 Å². The minimum Gasteiger partial charge on any atom is -0.494 e. The molecule has 1 unspecified atom stereocenters. The summed E-state index contributed by atoms with van der Waals surface area (Å²) >= 11 is 9.31. The third-order valence-electron chi connectivity index (χ3n) is 1.85. The van der Waals surface area contributed by atoms with Crippen LogP contribution in [-0.4, -0.2) is 12.4 Å². The molecule has 82 valence electrons. The lowest BCUT2D eigenvalue weighted by Gasteiger charge is -2.10. The minimum absolute atomic E-state index is 0.0720. The Bertz CT molecular complexity index is 366. The normalized spacial score (nSPS) is 12.3. The van der Waals surface area contributed by atoms with Crippen LogP contribution >= 0.6 is 27.5 Å². The molecule has 0 aromatic heterocycles. The largest absolute Gasteiger partial charge is 0.494 e. The third-order valence-corrected chi connectivity index (χ3v) is 2.87. The van der Waals surface area contributed by atoms with Gasteiger partial charge in [0.25, 0.3) is 0 Å². The fourth-order valence-corrected chi connectivity index (χ4v) is 1.83. The molecule has 0 amide bonds. The standard InChI is InChI=1S/C11H12BrClO2/c1-3-15-10-5-8(4-9(12)6-10)11(13)7(2)14/h4-6,11H,3H2,1-2H3. The fraction of sp³-hybridized carbons (Fsp3) is 0.364. The summed E-state index contributed by atoms with van der Waals surface area (Å²) in [5.74, 6) is 0.644. The van der Waals surface area contributed by atoms with E-state index in [2.05, 4.69) is 15.9 Å². The molecule has 0 radical (unpaired) electrons. The lowest BCUT2D eigenvalue weighted by atomic mass is 10.1. The van der Waals surface area contributed by atoms with E-state index in [1.165, 1.54) is 6.92 Å². The summed E-state index contributed by atoms with van der Waals surface area (Å²) in [7, 11) is 0. The molecule has 0 heterocycles. The maximum absolute atomic E-state index is 11.1. The summed E-state index contributed by atoms with van der Waals surface area (Å²) in [6.45, 7) is 3.96. The molecule has 0 saturated heterocycles. The van der Waals surface area contributed by atoms with Crippen LogP contribution in [0.2, 0.25) is 0 Å². The van der Waals surface area contributed by atoms with E-state index in [0.717, 1.165) is 10.0 Å². The van der Waals surface area contributed by atoms with E-state index >= 15 is 0 Å². The molecule has 2 nitrogen and oxygen atoms in total. The van der Waals surface area contributed by atoms with Gasteiger partial charge in [0.2, 0.25) is 0 Å². The first-order valence-corrected chi connectivity index (χ1v) is 5.85. The van der Waals surface area contributed by atoms with Crippen LogP contribution in [-0.2, 0) is 4.79 Å². The Balaban J connectivity index is 3.02. The predicted molar refractivity (Wildman–Crippen MR) is 64.6 cm³/mol. The highest BCUT2D eigenvalue weighted by atomic mass is 79.9. The molecule has 1 rings (SSSR count). The van der Waals surface area contributed by atoms with E-state index in [9.17, 15) is 4.79 Å². The Kier molecular flexibility index (Phi) is 4.61. The number of rotatable bonds is 4. The second-order valence-corrected chi connectivity index (χ2v) is 4.48. The molecule has 0 N–H and O–H groups in total. The zero-order valence-electron chi connectivity index (χ0n) is 8.59. The van der Waals surface area contributed by atoms with Crippen molar-refractivity contribution in [2.24, 2.45) is 0 Å². The number of hydrogen-bond donors (Lipinski definition) is 0. The lowest BCUT2D eigenvalue weighted by molar-refractivity contribution is -0.116. The van der Waals surface area contributed by atoms with Crippen LogP contribution in [0.25, 0.3) is 0 Å². The molecule has 0 aliphatic heterocycles. The van der Waals surface area contributed by atoms with Gasteiger partial charge in [0, 0.05) is 4.47 Å². The average Bonchev–Trinajstić information content (AvgIpc) is 2.16. The molecule has 0 fully saturated rings. The van der Waals surface area contributed by atoms with Crippen molar-refractivity contribution in [3.05, 3.63) is 28.2 Å². The zero-order valence-corrected chi connectivity index (χ0v) is 10.9. The van der Waals surface area contributed by atoms with Gasteiger partial charge in [-0.3, -0.25) is 4.79 Å². The number of alkyl halides is 1. The summed E-state index contributed by atoms with van der Waals surface area (Å²) < 4.78 is 6.21. The fourth-order valence-electron chi connectivity index (χ4n) is 1.22. The zero-order chi connectivity index (χ0) is 11.4. The Morgan fingerprint density at radius 2 is 2.20 bits per heavy atom. The Morgan fingerprint density at radius 3 is 2.73 bits per heavy atom. The highest BCUT2D eigenvalue weighted by Crippen LogP contribution is 2.29. The minimum atomic E-state index is -0.610. The molecular weight excluding hydrogens is 279 g/mol. The maximum atomic E-state index is 11.1. The molecule has 4 heteroatoms. The van der Waals surface area contributed by atoms with Crippen molar-refractivity contribution >= 4 is 33.3 Å². The van der Waals surface area contributed by atoms with Gasteiger partial charge in [-0.05, 0) is 37.6 Å². The highest BCUT2D eigenvalue weighted by Gasteiger charge is 2.14. The first-order chi connectivity index (χ1) is 7.04. The van der Waals surface area contributed by atoms with E-state index in [1.54, 1.807) is 6.07 Å². The SMILES string of the molecule is CCOc1cc(Br)cc(C(Cl)C(C)=O)c1. The lowest BCUT2D eigenvalue weighted by Crippen LogP contribution is -2.02. The topological polar surface area (TPSA) is 26.3 Å². The number of ether oxygens (including phenoxy) is 1. The van der Waals surface area contributed by atoms with Gasteiger partial charge >= 0.3 is 0 Å². The number of ketones is 1. The number of halogens is 2. The smallest absolute Gasteiger partial charge is 0.152 e. The van der Waals surface area contributed by atoms with E-state index in [-0.39, 0.29) is 5.78 Å². The van der Waals surface area contributed by atoms with E-state index < -0.39 is 5.38 Å². The predicted octanol–water partition coefficient (Wildman–Crippen LogP) is 3.72. The van der Waals surface area contributed by atoms with Gasteiger partial charge in [-0.15, -0.1) is 11.6 Å². The number of carbonyl (C=O) groups is 1. The van der Waals surface area contributed by atoms with Crippen LogP contribution in [0.4, 0.5) is 0 Å². The van der Waals surface area contributed by atoms with Crippen LogP contribution in [0, 0.1) is 0 Å². The molecule has 0 spiro atoms. The maximum Gasteiger partial charge on any atom is 0.152 e. The van der Waals surface area contributed by atoms with Gasteiger partial charge in [-0.2, -0.15) is 0 Å². The Hall–Kier alpha value is -0.540. The van der Waals surface area contributed by atoms with Crippen molar-refractivity contribution in [1.29, 1.82) is 0 Å². The number of hydrogen-bond acceptors (Lipinski definition) is 2. The molecular formula is C11H12BrClO2. The molecule has 0 aliphatic carbocycles. The summed E-state index contributed by atoms with van der Waals surface area (Å²) in [6, 6.07) is 5.45. The molecule has 1 atom stereocenters. The summed E-state index contributed by atoms with van der Waals surface area (Å²) in [5, 5.41) is -0.610. The first kappa shape index (κ1) is 12.5. The van der Waals surface area contributed by atoms with Gasteiger partial charge in [-0.1, -0.05) is 15.9 Å². The number of carbonyl (C=O) groups excluding carboxylic acids is 1. The Morgan fingerprint density at radius 1 is 1.53 bits per heavy atom. The summed E-state index contributed by atoms with van der Waals surface area (Å²) in [4.78, 5) is 11.1. The second kappa shape index (κ2) is 5.52. The molecule has 1 aromatic carbocycles. The van der Waals surface area contributed by atoms with Crippen LogP contribution in [0.15, 0.2) is 22.7 Å². The summed E-state index contributed by atoms with van der Waals surface area (Å²) in [5.41, 5.74) is 0.752. The Labute approximate surface area is 103 Å². The van der Waals surface area contributed by atoms with Crippen LogP contribution in [0.5, 0.6) is 5.75 Å². The van der Waals surface area contributed by atoms with Crippen LogP contribution in [0.3, 0.4) is 0 Å². The van der Waals surface area contributed by atoms with Gasteiger partial charge in [-0.25, -0.2) is 0 Å². The van der Waals surface area contributed by atoms with E-state index in [0.29, 0.717) is 12.4 Å². The average molecular weight is 292 g/mol. The van der Waals surface area contributed by atoms with Crippen molar-refractivity contribution in [3.63, 3.8) is 0 Å². The van der Waals surface area contributed by atoms with Crippen molar-refractivity contribution < 1.29 is 9.53 Å². The quantitative estimate of drug-likeness (QED) is 0.790. The second-order valence-electron chi connectivity index (χ2n) is 3.13. The highest BCUT2D eigenvalue weighted by molar-refractivity contribution is 9.10. The van der Waals surface area contributed by atoms with Gasteiger partial charge in [0.15, 0.2) is 5.78 Å². The van der Waals surface area contributed by atoms with Crippen molar-refractivity contribution in [1.82, 2.24) is 0 Å². The van der Waals surface area contributed by atoms with E-state index in [1.807, 2.05) is 19.1 Å². The van der Waals surface area contributed by atoms with Crippen molar-refractivity contribution in [2.75, 3.05) is 6.61 Å².